The summed E-state index contributed by atoms with van der Waals surface area (Å²) in [5.74, 6) is 0.447. The van der Waals surface area contributed by atoms with Gasteiger partial charge in [-0.3, -0.25) is 0 Å². The monoisotopic (exact) mass is 324 g/mol. The highest BCUT2D eigenvalue weighted by Gasteiger charge is 2.15. The van der Waals surface area contributed by atoms with E-state index in [1.54, 1.807) is 12.1 Å². The van der Waals surface area contributed by atoms with Gasteiger partial charge in [-0.15, -0.1) is 11.6 Å². The highest BCUT2D eigenvalue weighted by molar-refractivity contribution is 7.89. The largest absolute Gasteiger partial charge is 0.398 e. The Morgan fingerprint density at radius 1 is 1.10 bits per heavy atom. The number of benzene rings is 2. The van der Waals surface area contributed by atoms with Crippen molar-refractivity contribution in [3.63, 3.8) is 0 Å². The number of alkyl halides is 1. The van der Waals surface area contributed by atoms with Gasteiger partial charge in [-0.2, -0.15) is 0 Å². The first-order valence-corrected chi connectivity index (χ1v) is 8.52. The van der Waals surface area contributed by atoms with Crippen molar-refractivity contribution in [3.05, 3.63) is 59.7 Å². The van der Waals surface area contributed by atoms with Gasteiger partial charge in [-0.1, -0.05) is 36.4 Å². The Morgan fingerprint density at radius 3 is 2.43 bits per heavy atom. The van der Waals surface area contributed by atoms with Crippen molar-refractivity contribution in [2.45, 2.75) is 17.9 Å². The highest BCUT2D eigenvalue weighted by Crippen LogP contribution is 2.19. The van der Waals surface area contributed by atoms with Gasteiger partial charge < -0.3 is 5.73 Å². The lowest BCUT2D eigenvalue weighted by molar-refractivity contribution is 0.581. The number of hydrogen-bond donors (Lipinski definition) is 2. The fourth-order valence-electron chi connectivity index (χ4n) is 1.93. The van der Waals surface area contributed by atoms with E-state index in [2.05, 4.69) is 4.72 Å². The van der Waals surface area contributed by atoms with Gasteiger partial charge in [-0.25, -0.2) is 13.1 Å². The number of nitrogen functional groups attached to an aromatic ring is 1. The van der Waals surface area contributed by atoms with Gasteiger partial charge in [0, 0.05) is 18.1 Å². The Hall–Kier alpha value is -1.56. The number of aryl methyl sites for hydroxylation is 1. The predicted molar refractivity (Wildman–Crippen MR) is 85.7 cm³/mol. The molecule has 0 aliphatic carbocycles. The van der Waals surface area contributed by atoms with Crippen LogP contribution in [0.15, 0.2) is 53.4 Å². The second-order valence-electron chi connectivity index (χ2n) is 4.61. The number of rotatable bonds is 6. The molecule has 0 aromatic heterocycles. The zero-order chi connectivity index (χ0) is 15.3. The molecule has 0 aliphatic rings. The van der Waals surface area contributed by atoms with Gasteiger partial charge in [0.05, 0.1) is 4.90 Å². The van der Waals surface area contributed by atoms with Gasteiger partial charge >= 0.3 is 0 Å². The van der Waals surface area contributed by atoms with Gasteiger partial charge in [0.15, 0.2) is 0 Å². The second-order valence-corrected chi connectivity index (χ2v) is 6.75. The van der Waals surface area contributed by atoms with E-state index >= 15 is 0 Å². The first-order valence-electron chi connectivity index (χ1n) is 6.51. The van der Waals surface area contributed by atoms with Crippen molar-refractivity contribution >= 4 is 27.3 Å². The molecule has 0 amide bonds. The molecule has 0 aliphatic heterocycles. The molecule has 0 saturated heterocycles. The quantitative estimate of drug-likeness (QED) is 0.633. The summed E-state index contributed by atoms with van der Waals surface area (Å²) in [5, 5.41) is 0. The average molecular weight is 325 g/mol. The molecule has 0 saturated carbocycles. The summed E-state index contributed by atoms with van der Waals surface area (Å²) >= 11 is 5.67. The topological polar surface area (TPSA) is 72.2 Å². The Labute approximate surface area is 130 Å². The predicted octanol–water partition coefficient (Wildman–Crippen LogP) is 2.53. The molecule has 0 atom stereocenters. The molecule has 0 bridgehead atoms. The number of anilines is 1. The molecular weight excluding hydrogens is 308 g/mol. The molecule has 21 heavy (non-hydrogen) atoms. The molecule has 2 rings (SSSR count). The van der Waals surface area contributed by atoms with Crippen LogP contribution in [-0.4, -0.2) is 14.3 Å². The van der Waals surface area contributed by atoms with Gasteiger partial charge in [0.1, 0.15) is 0 Å². The van der Waals surface area contributed by atoms with Crippen molar-refractivity contribution in [2.75, 3.05) is 11.6 Å². The van der Waals surface area contributed by atoms with Crippen molar-refractivity contribution in [1.29, 1.82) is 0 Å². The molecule has 6 heteroatoms. The Morgan fingerprint density at radius 2 is 1.81 bits per heavy atom. The highest BCUT2D eigenvalue weighted by atomic mass is 35.5. The minimum absolute atomic E-state index is 0.161. The lowest BCUT2D eigenvalue weighted by atomic mass is 10.1. The summed E-state index contributed by atoms with van der Waals surface area (Å²) in [6.45, 7) is 0.243. The van der Waals surface area contributed by atoms with Crippen LogP contribution in [0.4, 0.5) is 5.69 Å². The van der Waals surface area contributed by atoms with Crippen LogP contribution in [0.1, 0.15) is 11.1 Å². The summed E-state index contributed by atoms with van der Waals surface area (Å²) in [6.07, 6.45) is 0.616. The Balaban J connectivity index is 2.14. The molecule has 3 N–H and O–H groups in total. The summed E-state index contributed by atoms with van der Waals surface area (Å²) < 4.78 is 27.0. The average Bonchev–Trinajstić information content (AvgIpc) is 2.48. The summed E-state index contributed by atoms with van der Waals surface area (Å²) in [4.78, 5) is 0.161. The second kappa shape index (κ2) is 6.93. The number of nitrogens with one attached hydrogen (secondary N) is 1. The van der Waals surface area contributed by atoms with E-state index in [1.807, 2.05) is 30.3 Å². The van der Waals surface area contributed by atoms with E-state index in [1.165, 1.54) is 6.07 Å². The van der Waals surface area contributed by atoms with E-state index < -0.39 is 10.0 Å². The molecule has 4 nitrogen and oxygen atoms in total. The Bertz CT molecular complexity index is 703. The third kappa shape index (κ3) is 4.20. The molecule has 0 fully saturated rings. The van der Waals surface area contributed by atoms with Crippen LogP contribution < -0.4 is 10.5 Å². The summed E-state index contributed by atoms with van der Waals surface area (Å²) in [6, 6.07) is 14.1. The Kier molecular flexibility index (Phi) is 5.22. The minimum Gasteiger partial charge on any atom is -0.398 e. The number of hydrogen-bond acceptors (Lipinski definition) is 3. The van der Waals surface area contributed by atoms with Crippen LogP contribution in [0, 0.1) is 0 Å². The zero-order valence-corrected chi connectivity index (χ0v) is 13.0. The van der Waals surface area contributed by atoms with Crippen molar-refractivity contribution in [2.24, 2.45) is 0 Å². The van der Waals surface area contributed by atoms with Crippen molar-refractivity contribution in [3.8, 4) is 0 Å². The van der Waals surface area contributed by atoms with Crippen LogP contribution in [0.25, 0.3) is 0 Å². The fraction of sp³-hybridized carbons (Fsp3) is 0.200. The van der Waals surface area contributed by atoms with E-state index in [0.29, 0.717) is 18.0 Å². The zero-order valence-electron chi connectivity index (χ0n) is 11.4. The third-order valence-corrected chi connectivity index (χ3v) is 4.69. The molecule has 0 heterocycles. The van der Waals surface area contributed by atoms with Crippen molar-refractivity contribution < 1.29 is 8.42 Å². The summed E-state index contributed by atoms with van der Waals surface area (Å²) in [7, 11) is -3.58. The van der Waals surface area contributed by atoms with Gasteiger partial charge in [0.25, 0.3) is 0 Å². The molecular formula is C15H17ClN2O2S. The van der Waals surface area contributed by atoms with Crippen LogP contribution in [-0.2, 0) is 23.0 Å². The van der Waals surface area contributed by atoms with E-state index in [-0.39, 0.29) is 11.4 Å². The van der Waals surface area contributed by atoms with E-state index in [4.69, 9.17) is 17.3 Å². The summed E-state index contributed by atoms with van der Waals surface area (Å²) in [5.41, 5.74) is 8.05. The van der Waals surface area contributed by atoms with Crippen LogP contribution >= 0.6 is 11.6 Å². The normalized spacial score (nSPS) is 11.5. The molecule has 0 spiro atoms. The molecule has 2 aromatic carbocycles. The SMILES string of the molecule is Nc1cc(S(=O)(=O)NCc2ccccc2)ccc1CCCl. The first kappa shape index (κ1) is 15.8. The number of sulfonamides is 1. The minimum atomic E-state index is -3.58. The van der Waals surface area contributed by atoms with E-state index in [0.717, 1.165) is 11.1 Å². The van der Waals surface area contributed by atoms with Crippen LogP contribution in [0.5, 0.6) is 0 Å². The smallest absolute Gasteiger partial charge is 0.240 e. The third-order valence-electron chi connectivity index (χ3n) is 3.10. The van der Waals surface area contributed by atoms with Crippen LogP contribution in [0.3, 0.4) is 0 Å². The van der Waals surface area contributed by atoms with Gasteiger partial charge in [0.2, 0.25) is 10.0 Å². The van der Waals surface area contributed by atoms with Crippen LogP contribution in [0.2, 0.25) is 0 Å². The molecule has 0 radical (unpaired) electrons. The maximum absolute atomic E-state index is 12.2. The maximum atomic E-state index is 12.2. The van der Waals surface area contributed by atoms with Gasteiger partial charge in [-0.05, 0) is 29.7 Å². The lowest BCUT2D eigenvalue weighted by Crippen LogP contribution is -2.23. The first-order chi connectivity index (χ1) is 10.0. The van der Waals surface area contributed by atoms with E-state index in [9.17, 15) is 8.42 Å². The maximum Gasteiger partial charge on any atom is 0.240 e. The molecule has 112 valence electrons. The number of nitrogens with two attached hydrogens (primary N) is 1. The van der Waals surface area contributed by atoms with Crippen molar-refractivity contribution in [1.82, 2.24) is 4.72 Å². The number of halogens is 1. The molecule has 0 unspecified atom stereocenters. The standard InChI is InChI=1S/C15H17ClN2O2S/c16-9-8-13-6-7-14(10-15(13)17)21(19,20)18-11-12-4-2-1-3-5-12/h1-7,10,18H,8-9,11,17H2. The lowest BCUT2D eigenvalue weighted by Gasteiger charge is -2.09. The fourth-order valence-corrected chi connectivity index (χ4v) is 3.18. The molecule has 2 aromatic rings.